The number of anilines is 1. The zero-order valence-electron chi connectivity index (χ0n) is 9.77. The molecular formula is C12H14ClN3O. The third kappa shape index (κ3) is 3.97. The van der Waals surface area contributed by atoms with Gasteiger partial charge >= 0.3 is 0 Å². The lowest BCUT2D eigenvalue weighted by molar-refractivity contribution is -0.128. The summed E-state index contributed by atoms with van der Waals surface area (Å²) in [6.45, 7) is 0. The normalized spacial score (nSPS) is 11.4. The van der Waals surface area contributed by atoms with Crippen molar-refractivity contribution in [2.75, 3.05) is 19.4 Å². The molecular weight excluding hydrogens is 238 g/mol. The van der Waals surface area contributed by atoms with Crippen LogP contribution in [0.3, 0.4) is 0 Å². The largest absolute Gasteiger partial charge is 0.368 e. The van der Waals surface area contributed by atoms with Gasteiger partial charge in [-0.25, -0.2) is 0 Å². The minimum absolute atomic E-state index is 0.101. The van der Waals surface area contributed by atoms with Crippen molar-refractivity contribution < 1.29 is 4.79 Å². The molecule has 1 aromatic rings. The highest BCUT2D eigenvalue weighted by atomic mass is 35.5. The molecule has 0 aromatic heterocycles. The van der Waals surface area contributed by atoms with Crippen LogP contribution in [0.4, 0.5) is 5.69 Å². The van der Waals surface area contributed by atoms with E-state index in [-0.39, 0.29) is 12.3 Å². The molecule has 0 aliphatic carbocycles. The molecule has 0 saturated heterocycles. The Labute approximate surface area is 106 Å². The number of carbonyl (C=O) groups excluding carboxylic acids is 1. The number of hydrogen-bond acceptors (Lipinski definition) is 3. The number of nitrogens with one attached hydrogen (secondary N) is 1. The van der Waals surface area contributed by atoms with Crippen molar-refractivity contribution >= 4 is 23.2 Å². The van der Waals surface area contributed by atoms with Crippen LogP contribution in [0.2, 0.25) is 5.02 Å². The number of hydrogen-bond donors (Lipinski definition) is 1. The van der Waals surface area contributed by atoms with Crippen molar-refractivity contribution in [1.82, 2.24) is 4.90 Å². The predicted molar refractivity (Wildman–Crippen MR) is 67.8 cm³/mol. The minimum Gasteiger partial charge on any atom is -0.368 e. The van der Waals surface area contributed by atoms with Crippen LogP contribution < -0.4 is 5.32 Å². The van der Waals surface area contributed by atoms with Crippen LogP contribution in [-0.2, 0) is 4.79 Å². The van der Waals surface area contributed by atoms with E-state index in [1.165, 1.54) is 4.90 Å². The van der Waals surface area contributed by atoms with Gasteiger partial charge in [0, 0.05) is 14.1 Å². The fraction of sp³-hybridized carbons (Fsp3) is 0.333. The standard InChI is InChI=1S/C12H14ClN3O/c1-16(2)12(17)7-9(8-14)15-11-6-4-3-5-10(11)13/h3-6,9,15H,7H2,1-2H3. The van der Waals surface area contributed by atoms with E-state index >= 15 is 0 Å². The molecule has 0 aliphatic rings. The quantitative estimate of drug-likeness (QED) is 0.892. The number of amides is 1. The van der Waals surface area contributed by atoms with Crippen molar-refractivity contribution in [3.63, 3.8) is 0 Å². The van der Waals surface area contributed by atoms with Crippen LogP contribution >= 0.6 is 11.6 Å². The molecule has 1 rings (SSSR count). The number of halogens is 1. The van der Waals surface area contributed by atoms with Crippen molar-refractivity contribution in [3.8, 4) is 6.07 Å². The fourth-order valence-electron chi connectivity index (χ4n) is 1.25. The van der Waals surface area contributed by atoms with E-state index in [4.69, 9.17) is 16.9 Å². The molecule has 0 fully saturated rings. The first-order chi connectivity index (χ1) is 8.04. The Balaban J connectivity index is 2.69. The molecule has 1 aromatic carbocycles. The maximum Gasteiger partial charge on any atom is 0.225 e. The molecule has 0 aliphatic heterocycles. The molecule has 5 heteroatoms. The van der Waals surface area contributed by atoms with Crippen molar-refractivity contribution in [2.45, 2.75) is 12.5 Å². The van der Waals surface area contributed by atoms with Gasteiger partial charge in [0.15, 0.2) is 0 Å². The summed E-state index contributed by atoms with van der Waals surface area (Å²) in [5, 5.41) is 12.5. The van der Waals surface area contributed by atoms with Crippen LogP contribution in [0.15, 0.2) is 24.3 Å². The summed E-state index contributed by atoms with van der Waals surface area (Å²) in [7, 11) is 3.32. The maximum absolute atomic E-state index is 11.5. The summed E-state index contributed by atoms with van der Waals surface area (Å²) in [6, 6.07) is 8.59. The lowest BCUT2D eigenvalue weighted by atomic mass is 10.2. The van der Waals surface area contributed by atoms with Crippen molar-refractivity contribution in [2.24, 2.45) is 0 Å². The Kier molecular flexibility index (Phi) is 4.80. The number of para-hydroxylation sites is 1. The molecule has 0 bridgehead atoms. The molecule has 1 unspecified atom stereocenters. The Morgan fingerprint density at radius 3 is 2.71 bits per heavy atom. The molecule has 1 N–H and O–H groups in total. The predicted octanol–water partition coefficient (Wildman–Crippen LogP) is 2.12. The monoisotopic (exact) mass is 251 g/mol. The summed E-state index contributed by atoms with van der Waals surface area (Å²) in [4.78, 5) is 12.9. The molecule has 0 heterocycles. The SMILES string of the molecule is CN(C)C(=O)CC(C#N)Nc1ccccc1Cl. The second-order valence-corrected chi connectivity index (χ2v) is 4.21. The van der Waals surface area contributed by atoms with E-state index in [1.807, 2.05) is 12.1 Å². The van der Waals surface area contributed by atoms with E-state index in [1.54, 1.807) is 32.3 Å². The zero-order valence-corrected chi connectivity index (χ0v) is 10.5. The van der Waals surface area contributed by atoms with Gasteiger partial charge in [-0.3, -0.25) is 4.79 Å². The fourth-order valence-corrected chi connectivity index (χ4v) is 1.44. The van der Waals surface area contributed by atoms with Gasteiger partial charge in [-0.05, 0) is 12.1 Å². The lowest BCUT2D eigenvalue weighted by Crippen LogP contribution is -2.29. The molecule has 4 nitrogen and oxygen atoms in total. The molecule has 1 amide bonds. The Morgan fingerprint density at radius 1 is 1.53 bits per heavy atom. The van der Waals surface area contributed by atoms with E-state index in [9.17, 15) is 4.79 Å². The van der Waals surface area contributed by atoms with Gasteiger partial charge in [-0.2, -0.15) is 5.26 Å². The molecule has 0 spiro atoms. The van der Waals surface area contributed by atoms with E-state index in [2.05, 4.69) is 5.32 Å². The second-order valence-electron chi connectivity index (χ2n) is 3.80. The van der Waals surface area contributed by atoms with Crippen molar-refractivity contribution in [1.29, 1.82) is 5.26 Å². The highest BCUT2D eigenvalue weighted by Crippen LogP contribution is 2.21. The van der Waals surface area contributed by atoms with Gasteiger partial charge in [-0.15, -0.1) is 0 Å². The highest BCUT2D eigenvalue weighted by Gasteiger charge is 2.15. The first-order valence-electron chi connectivity index (χ1n) is 5.15. The molecule has 17 heavy (non-hydrogen) atoms. The highest BCUT2D eigenvalue weighted by molar-refractivity contribution is 6.33. The van der Waals surface area contributed by atoms with Crippen LogP contribution in [0.25, 0.3) is 0 Å². The van der Waals surface area contributed by atoms with Crippen LogP contribution in [-0.4, -0.2) is 30.9 Å². The summed E-state index contributed by atoms with van der Waals surface area (Å²) in [5.74, 6) is -0.101. The summed E-state index contributed by atoms with van der Waals surface area (Å²) in [5.41, 5.74) is 0.660. The van der Waals surface area contributed by atoms with Gasteiger partial charge in [0.1, 0.15) is 6.04 Å². The Morgan fingerprint density at radius 2 is 2.18 bits per heavy atom. The summed E-state index contributed by atoms with van der Waals surface area (Å²) in [6.07, 6.45) is 0.120. The zero-order chi connectivity index (χ0) is 12.8. The molecule has 90 valence electrons. The first kappa shape index (κ1) is 13.3. The molecule has 0 saturated carbocycles. The minimum atomic E-state index is -0.579. The van der Waals surface area contributed by atoms with Gasteiger partial charge in [-0.1, -0.05) is 23.7 Å². The van der Waals surface area contributed by atoms with Crippen LogP contribution in [0, 0.1) is 11.3 Å². The average Bonchev–Trinajstić information content (AvgIpc) is 2.30. The topological polar surface area (TPSA) is 56.1 Å². The number of rotatable bonds is 4. The first-order valence-corrected chi connectivity index (χ1v) is 5.53. The van der Waals surface area contributed by atoms with Gasteiger partial charge in [0.2, 0.25) is 5.91 Å². The number of nitrogens with zero attached hydrogens (tertiary/aromatic N) is 2. The smallest absolute Gasteiger partial charge is 0.225 e. The second kappa shape index (κ2) is 6.12. The van der Waals surface area contributed by atoms with Crippen LogP contribution in [0.5, 0.6) is 0 Å². The van der Waals surface area contributed by atoms with Gasteiger partial charge in [0.25, 0.3) is 0 Å². The Bertz CT molecular complexity index is 440. The number of carbonyl (C=O) groups is 1. The average molecular weight is 252 g/mol. The maximum atomic E-state index is 11.5. The number of benzene rings is 1. The van der Waals surface area contributed by atoms with E-state index in [0.717, 1.165) is 0 Å². The molecule has 0 radical (unpaired) electrons. The molecule has 1 atom stereocenters. The summed E-state index contributed by atoms with van der Waals surface area (Å²) < 4.78 is 0. The Hall–Kier alpha value is -1.73. The van der Waals surface area contributed by atoms with Crippen molar-refractivity contribution in [3.05, 3.63) is 29.3 Å². The van der Waals surface area contributed by atoms with Gasteiger partial charge < -0.3 is 10.2 Å². The summed E-state index contributed by atoms with van der Waals surface area (Å²) >= 11 is 5.96. The van der Waals surface area contributed by atoms with Crippen LogP contribution in [0.1, 0.15) is 6.42 Å². The van der Waals surface area contributed by atoms with E-state index in [0.29, 0.717) is 10.7 Å². The lowest BCUT2D eigenvalue weighted by Gasteiger charge is -2.16. The third-order valence-electron chi connectivity index (χ3n) is 2.24. The third-order valence-corrected chi connectivity index (χ3v) is 2.57. The van der Waals surface area contributed by atoms with E-state index < -0.39 is 6.04 Å². The number of nitriles is 1. The van der Waals surface area contributed by atoms with Gasteiger partial charge in [0.05, 0.1) is 23.2 Å².